The number of Topliss-reactive ketones (excluding diaryl/α,β-unsaturated/α-hetero) is 1. The minimum atomic E-state index is -4.98. The van der Waals surface area contributed by atoms with E-state index >= 15 is 0 Å². The number of rotatable bonds is 13. The Labute approximate surface area is 295 Å². The summed E-state index contributed by atoms with van der Waals surface area (Å²) in [6.07, 6.45) is -5.24. The lowest BCUT2D eigenvalue weighted by Gasteiger charge is -2.40. The Bertz CT molecular complexity index is 1660. The van der Waals surface area contributed by atoms with Crippen molar-refractivity contribution < 1.29 is 32.2 Å². The van der Waals surface area contributed by atoms with Crippen LogP contribution in [0.3, 0.4) is 0 Å². The second-order valence-electron chi connectivity index (χ2n) is 13.2. The number of hydrogen-bond donors (Lipinski definition) is 0. The maximum absolute atomic E-state index is 13.6. The molecule has 0 aliphatic carbocycles. The van der Waals surface area contributed by atoms with Crippen molar-refractivity contribution in [2.45, 2.75) is 57.9 Å². The predicted octanol–water partition coefficient (Wildman–Crippen LogP) is 9.76. The smallest absolute Gasteiger partial charge is 0.450 e. The SMILES string of the molecule is CN(CCOc1ccc(CC(Cc2ccc(C(=O)OC(C)(C)C)cc2)C(=O)C(F)(F)F)cc1)C(C)(c1ccc(Cl)cc1)c1ccc(Cl)cc1. The van der Waals surface area contributed by atoms with Crippen LogP contribution < -0.4 is 4.74 Å². The predicted molar refractivity (Wildman–Crippen MR) is 187 cm³/mol. The molecule has 0 saturated carbocycles. The number of ether oxygens (including phenoxy) is 2. The highest BCUT2D eigenvalue weighted by Crippen LogP contribution is 2.36. The topological polar surface area (TPSA) is 55.8 Å². The maximum Gasteiger partial charge on any atom is 0.450 e. The number of esters is 1. The molecule has 4 aromatic rings. The van der Waals surface area contributed by atoms with E-state index in [9.17, 15) is 22.8 Å². The third-order valence-electron chi connectivity index (χ3n) is 8.40. The number of hydrogen-bond acceptors (Lipinski definition) is 5. The number of likely N-dealkylation sites (N-methyl/N-ethyl adjacent to an activating group) is 1. The third-order valence-corrected chi connectivity index (χ3v) is 8.90. The zero-order valence-electron chi connectivity index (χ0n) is 28.1. The fraction of sp³-hybridized carbons (Fsp3) is 0.333. The molecule has 0 N–H and O–H groups in total. The molecule has 0 saturated heterocycles. The number of carbonyl (C=O) groups excluding carboxylic acids is 2. The molecule has 4 aromatic carbocycles. The molecular weight excluding hydrogens is 674 g/mol. The van der Waals surface area contributed by atoms with Gasteiger partial charge >= 0.3 is 12.1 Å². The highest BCUT2D eigenvalue weighted by molar-refractivity contribution is 6.30. The molecule has 0 radical (unpaired) electrons. The third kappa shape index (κ3) is 10.3. The average Bonchev–Trinajstić information content (AvgIpc) is 3.04. The van der Waals surface area contributed by atoms with E-state index in [1.54, 1.807) is 57.2 Å². The number of carbonyl (C=O) groups is 2. The molecule has 260 valence electrons. The van der Waals surface area contributed by atoms with E-state index in [0.717, 1.165) is 11.1 Å². The van der Waals surface area contributed by atoms with Crippen molar-refractivity contribution in [2.75, 3.05) is 20.2 Å². The van der Waals surface area contributed by atoms with Gasteiger partial charge in [-0.2, -0.15) is 13.2 Å². The minimum Gasteiger partial charge on any atom is -0.492 e. The summed E-state index contributed by atoms with van der Waals surface area (Å²) in [7, 11) is 2.00. The zero-order valence-corrected chi connectivity index (χ0v) is 29.6. The highest BCUT2D eigenvalue weighted by atomic mass is 35.5. The minimum absolute atomic E-state index is 0.115. The van der Waals surface area contributed by atoms with Crippen LogP contribution in [0.1, 0.15) is 60.3 Å². The van der Waals surface area contributed by atoms with Crippen molar-refractivity contribution in [1.29, 1.82) is 0 Å². The lowest BCUT2D eigenvalue weighted by atomic mass is 9.83. The summed E-state index contributed by atoms with van der Waals surface area (Å²) in [6.45, 7) is 8.22. The Morgan fingerprint density at radius 1 is 0.714 bits per heavy atom. The Balaban J connectivity index is 1.41. The van der Waals surface area contributed by atoms with E-state index in [1.807, 2.05) is 55.6 Å². The molecule has 4 rings (SSSR count). The molecule has 5 nitrogen and oxygen atoms in total. The van der Waals surface area contributed by atoms with E-state index in [1.165, 1.54) is 12.1 Å². The molecule has 0 aromatic heterocycles. The molecule has 1 unspecified atom stereocenters. The van der Waals surface area contributed by atoms with Crippen LogP contribution in [0.15, 0.2) is 97.1 Å². The summed E-state index contributed by atoms with van der Waals surface area (Å²) >= 11 is 12.3. The van der Waals surface area contributed by atoms with Crippen LogP contribution in [-0.2, 0) is 27.9 Å². The van der Waals surface area contributed by atoms with Crippen molar-refractivity contribution in [1.82, 2.24) is 4.90 Å². The summed E-state index contributed by atoms with van der Waals surface area (Å²) in [5, 5.41) is 1.28. The van der Waals surface area contributed by atoms with Crippen molar-refractivity contribution >= 4 is 35.0 Å². The first-order chi connectivity index (χ1) is 23.0. The number of halogens is 5. The van der Waals surface area contributed by atoms with Gasteiger partial charge in [0.15, 0.2) is 0 Å². The van der Waals surface area contributed by atoms with Crippen molar-refractivity contribution in [3.63, 3.8) is 0 Å². The molecule has 49 heavy (non-hydrogen) atoms. The molecule has 1 atom stereocenters. The standard InChI is InChI=1S/C39H40Cl2F3NO4/c1-37(2,3)49-36(47)28-10-6-26(7-11-28)24-29(35(46)39(42,43)44)25-27-8-20-34(21-9-27)48-23-22-45(5)38(4,30-12-16-32(40)17-13-30)31-14-18-33(41)19-15-31/h6-21,29H,22-25H2,1-5H3. The Morgan fingerprint density at radius 2 is 1.16 bits per heavy atom. The first-order valence-electron chi connectivity index (χ1n) is 15.8. The molecular formula is C39H40Cl2F3NO4. The van der Waals surface area contributed by atoms with Crippen molar-refractivity contribution in [2.24, 2.45) is 5.92 Å². The van der Waals surface area contributed by atoms with Crippen LogP contribution in [0.25, 0.3) is 0 Å². The Hall–Kier alpha value is -3.85. The number of ketones is 1. The lowest BCUT2D eigenvalue weighted by Crippen LogP contribution is -2.44. The van der Waals surface area contributed by atoms with Gasteiger partial charge in [-0.1, -0.05) is 71.7 Å². The van der Waals surface area contributed by atoms with Crippen LogP contribution in [0.2, 0.25) is 10.0 Å². The van der Waals surface area contributed by atoms with E-state index in [2.05, 4.69) is 11.8 Å². The largest absolute Gasteiger partial charge is 0.492 e. The van der Waals surface area contributed by atoms with E-state index in [0.29, 0.717) is 40.1 Å². The van der Waals surface area contributed by atoms with Gasteiger partial charge in [-0.05, 0) is 118 Å². The normalized spacial score (nSPS) is 12.9. The molecule has 0 aliphatic heterocycles. The van der Waals surface area contributed by atoms with Gasteiger partial charge in [0.1, 0.15) is 18.0 Å². The van der Waals surface area contributed by atoms with E-state index < -0.39 is 35.0 Å². The molecule has 0 spiro atoms. The molecule has 0 heterocycles. The molecule has 10 heteroatoms. The molecule has 0 aliphatic rings. The number of benzene rings is 4. The summed E-state index contributed by atoms with van der Waals surface area (Å²) in [6, 6.07) is 28.2. The maximum atomic E-state index is 13.6. The monoisotopic (exact) mass is 713 g/mol. The highest BCUT2D eigenvalue weighted by Gasteiger charge is 2.43. The second-order valence-corrected chi connectivity index (χ2v) is 14.0. The van der Waals surface area contributed by atoms with Gasteiger partial charge in [-0.3, -0.25) is 9.69 Å². The van der Waals surface area contributed by atoms with Crippen LogP contribution in [-0.4, -0.2) is 48.6 Å². The van der Waals surface area contributed by atoms with Crippen LogP contribution in [0.4, 0.5) is 13.2 Å². The average molecular weight is 715 g/mol. The summed E-state index contributed by atoms with van der Waals surface area (Å²) in [5.74, 6) is -3.12. The number of nitrogens with zero attached hydrogens (tertiary/aromatic N) is 1. The van der Waals surface area contributed by atoms with Gasteiger partial charge in [-0.25, -0.2) is 4.79 Å². The molecule has 0 amide bonds. The van der Waals surface area contributed by atoms with Crippen molar-refractivity contribution in [3.8, 4) is 5.75 Å². The van der Waals surface area contributed by atoms with Crippen molar-refractivity contribution in [3.05, 3.63) is 135 Å². The van der Waals surface area contributed by atoms with Gasteiger partial charge in [0.25, 0.3) is 0 Å². The first kappa shape index (κ1) is 38.0. The fourth-order valence-corrected chi connectivity index (χ4v) is 5.83. The van der Waals surface area contributed by atoms with Crippen LogP contribution in [0.5, 0.6) is 5.75 Å². The number of alkyl halides is 3. The van der Waals surface area contributed by atoms with Gasteiger partial charge in [-0.15, -0.1) is 0 Å². The van der Waals surface area contributed by atoms with E-state index in [-0.39, 0.29) is 18.4 Å². The van der Waals surface area contributed by atoms with Gasteiger partial charge in [0.2, 0.25) is 5.78 Å². The quantitative estimate of drug-likeness (QED) is 0.129. The Morgan fingerprint density at radius 3 is 1.59 bits per heavy atom. The lowest BCUT2D eigenvalue weighted by molar-refractivity contribution is -0.175. The molecule has 0 bridgehead atoms. The molecule has 0 fully saturated rings. The van der Waals surface area contributed by atoms with E-state index in [4.69, 9.17) is 32.7 Å². The van der Waals surface area contributed by atoms with Gasteiger partial charge < -0.3 is 9.47 Å². The van der Waals surface area contributed by atoms with Crippen LogP contribution in [0, 0.1) is 5.92 Å². The summed E-state index contributed by atoms with van der Waals surface area (Å²) < 4.78 is 52.2. The van der Waals surface area contributed by atoms with Gasteiger partial charge in [0.05, 0.1) is 11.1 Å². The fourth-order valence-electron chi connectivity index (χ4n) is 5.57. The van der Waals surface area contributed by atoms with Gasteiger partial charge in [0, 0.05) is 22.5 Å². The van der Waals surface area contributed by atoms with Crippen LogP contribution >= 0.6 is 23.2 Å². The zero-order chi connectivity index (χ0) is 36.0. The second kappa shape index (κ2) is 15.8. The summed E-state index contributed by atoms with van der Waals surface area (Å²) in [4.78, 5) is 27.0. The summed E-state index contributed by atoms with van der Waals surface area (Å²) in [5.41, 5.74) is 2.20. The first-order valence-corrected chi connectivity index (χ1v) is 16.6. The Kier molecular flexibility index (Phi) is 12.2.